The van der Waals surface area contributed by atoms with Crippen LogP contribution in [0.15, 0.2) is 42.5 Å². The molecular weight excluding hydrogens is 298 g/mol. The van der Waals surface area contributed by atoms with Crippen molar-refractivity contribution in [2.45, 2.75) is 6.42 Å². The average Bonchev–Trinajstić information content (AvgIpc) is 2.51. The molecule has 2 rings (SSSR count). The molecule has 21 heavy (non-hydrogen) atoms. The Kier molecular flexibility index (Phi) is 6.79. The average molecular weight is 319 g/mol. The molecule has 0 aromatic heterocycles. The van der Waals surface area contributed by atoms with Crippen LogP contribution in [0.2, 0.25) is 0 Å². The van der Waals surface area contributed by atoms with Gasteiger partial charge in [-0.1, -0.05) is 36.4 Å². The first-order valence-electron chi connectivity index (χ1n) is 7.15. The van der Waals surface area contributed by atoms with Crippen molar-refractivity contribution in [3.8, 4) is 0 Å². The quantitative estimate of drug-likeness (QED) is 0.359. The molecule has 5 heteroatoms. The first kappa shape index (κ1) is 16.1. The van der Waals surface area contributed by atoms with Crippen molar-refractivity contribution in [1.82, 2.24) is 10.6 Å². The van der Waals surface area contributed by atoms with Gasteiger partial charge in [-0.25, -0.2) is 0 Å². The van der Waals surface area contributed by atoms with Gasteiger partial charge >= 0.3 is 0 Å². The van der Waals surface area contributed by atoms with E-state index in [1.807, 2.05) is 24.3 Å². The Labute approximate surface area is 136 Å². The number of anilines is 1. The van der Waals surface area contributed by atoms with E-state index in [1.54, 1.807) is 0 Å². The molecule has 0 amide bonds. The van der Waals surface area contributed by atoms with Gasteiger partial charge in [-0.15, -0.1) is 0 Å². The van der Waals surface area contributed by atoms with Gasteiger partial charge in [0.2, 0.25) is 0 Å². The van der Waals surface area contributed by atoms with Crippen molar-refractivity contribution < 1.29 is 0 Å². The molecule has 0 heterocycles. The Balaban J connectivity index is 1.82. The molecular formula is C16H21N3S2. The van der Waals surface area contributed by atoms with Gasteiger partial charge in [0.1, 0.15) is 0 Å². The van der Waals surface area contributed by atoms with Crippen molar-refractivity contribution in [3.63, 3.8) is 0 Å². The van der Waals surface area contributed by atoms with E-state index in [9.17, 15) is 0 Å². The van der Waals surface area contributed by atoms with Crippen molar-refractivity contribution in [2.24, 2.45) is 0 Å². The third kappa shape index (κ3) is 5.19. The maximum absolute atomic E-state index is 5.34. The van der Waals surface area contributed by atoms with Crippen molar-refractivity contribution >= 4 is 46.4 Å². The molecule has 0 saturated carbocycles. The second-order valence-corrected chi connectivity index (χ2v) is 5.59. The molecule has 0 unspecified atom stereocenters. The lowest BCUT2D eigenvalue weighted by Crippen LogP contribution is -2.31. The molecule has 2 aromatic rings. The van der Waals surface area contributed by atoms with Crippen molar-refractivity contribution in [3.05, 3.63) is 42.5 Å². The van der Waals surface area contributed by atoms with Gasteiger partial charge in [0.05, 0.1) is 0 Å². The van der Waals surface area contributed by atoms with Gasteiger partial charge < -0.3 is 16.0 Å². The fourth-order valence-corrected chi connectivity index (χ4v) is 2.49. The molecule has 3 nitrogen and oxygen atoms in total. The van der Waals surface area contributed by atoms with Crippen LogP contribution in [0, 0.1) is 0 Å². The monoisotopic (exact) mass is 319 g/mol. The maximum Gasteiger partial charge on any atom is 0.170 e. The standard InChI is InChI=1S/C16H21N3S2/c20-12-11-17-9-4-10-18-16(21)19-15-8-3-6-13-5-1-2-7-14(13)15/h1-3,5-8,17,20H,4,9-12H2,(H2,18,19,21). The van der Waals surface area contributed by atoms with Gasteiger partial charge in [0.15, 0.2) is 5.11 Å². The zero-order valence-electron chi connectivity index (χ0n) is 11.9. The molecule has 3 N–H and O–H groups in total. The summed E-state index contributed by atoms with van der Waals surface area (Å²) in [4.78, 5) is 0. The summed E-state index contributed by atoms with van der Waals surface area (Å²) >= 11 is 9.50. The van der Waals surface area contributed by atoms with Crippen LogP contribution >= 0.6 is 24.8 Å². The summed E-state index contributed by atoms with van der Waals surface area (Å²) in [6, 6.07) is 14.5. The number of rotatable bonds is 7. The lowest BCUT2D eigenvalue weighted by Gasteiger charge is -2.12. The third-order valence-electron chi connectivity index (χ3n) is 3.14. The lowest BCUT2D eigenvalue weighted by atomic mass is 10.1. The SMILES string of the molecule is S=C(NCCCNCCS)Nc1cccc2ccccc12. The number of thiol groups is 1. The van der Waals surface area contributed by atoms with E-state index in [4.69, 9.17) is 12.2 Å². The highest BCUT2D eigenvalue weighted by Crippen LogP contribution is 2.22. The number of benzene rings is 2. The molecule has 0 fully saturated rings. The molecule has 0 atom stereocenters. The van der Waals surface area contributed by atoms with Crippen LogP contribution in [0.25, 0.3) is 10.8 Å². The number of hydrogen-bond acceptors (Lipinski definition) is 3. The Hall–Kier alpha value is -1.30. The Bertz CT molecular complexity index is 581. The highest BCUT2D eigenvalue weighted by molar-refractivity contribution is 7.80. The normalized spacial score (nSPS) is 10.5. The fourth-order valence-electron chi connectivity index (χ4n) is 2.12. The predicted molar refractivity (Wildman–Crippen MR) is 99.5 cm³/mol. The topological polar surface area (TPSA) is 36.1 Å². The maximum atomic E-state index is 5.34. The summed E-state index contributed by atoms with van der Waals surface area (Å²) in [6.07, 6.45) is 1.03. The van der Waals surface area contributed by atoms with Crippen LogP contribution in [0.4, 0.5) is 5.69 Å². The molecule has 0 aliphatic heterocycles. The van der Waals surface area contributed by atoms with E-state index in [2.05, 4.69) is 46.8 Å². The first-order chi connectivity index (χ1) is 10.3. The van der Waals surface area contributed by atoms with Crippen molar-refractivity contribution in [2.75, 3.05) is 30.7 Å². The number of thiocarbonyl (C=S) groups is 1. The van der Waals surface area contributed by atoms with E-state index in [-0.39, 0.29) is 0 Å². The van der Waals surface area contributed by atoms with Crippen molar-refractivity contribution in [1.29, 1.82) is 0 Å². The van der Waals surface area contributed by atoms with E-state index in [0.29, 0.717) is 5.11 Å². The fraction of sp³-hybridized carbons (Fsp3) is 0.312. The van der Waals surface area contributed by atoms with Crippen LogP contribution in [0.5, 0.6) is 0 Å². The highest BCUT2D eigenvalue weighted by atomic mass is 32.1. The van der Waals surface area contributed by atoms with E-state index in [0.717, 1.165) is 37.5 Å². The van der Waals surface area contributed by atoms with Crippen LogP contribution in [-0.4, -0.2) is 30.5 Å². The van der Waals surface area contributed by atoms with Crippen LogP contribution in [-0.2, 0) is 0 Å². The number of fused-ring (bicyclic) bond motifs is 1. The Morgan fingerprint density at radius 2 is 1.81 bits per heavy atom. The second kappa shape index (κ2) is 8.87. The summed E-state index contributed by atoms with van der Waals surface area (Å²) in [5.74, 6) is 0.870. The summed E-state index contributed by atoms with van der Waals surface area (Å²) in [5.41, 5.74) is 1.04. The van der Waals surface area contributed by atoms with Gasteiger partial charge in [-0.2, -0.15) is 12.6 Å². The zero-order chi connectivity index (χ0) is 14.9. The number of hydrogen-bond donors (Lipinski definition) is 4. The van der Waals surface area contributed by atoms with Gasteiger partial charge in [-0.05, 0) is 36.6 Å². The largest absolute Gasteiger partial charge is 0.362 e. The molecule has 0 aliphatic rings. The highest BCUT2D eigenvalue weighted by Gasteiger charge is 2.01. The Morgan fingerprint density at radius 1 is 1.00 bits per heavy atom. The number of nitrogens with one attached hydrogen (secondary N) is 3. The molecule has 0 spiro atoms. The smallest absolute Gasteiger partial charge is 0.170 e. The summed E-state index contributed by atoms with van der Waals surface area (Å²) in [5, 5.41) is 12.9. The van der Waals surface area contributed by atoms with E-state index < -0.39 is 0 Å². The van der Waals surface area contributed by atoms with E-state index in [1.165, 1.54) is 10.8 Å². The molecule has 0 bridgehead atoms. The minimum atomic E-state index is 0.667. The minimum Gasteiger partial charge on any atom is -0.362 e. The summed E-state index contributed by atoms with van der Waals surface area (Å²) in [7, 11) is 0. The molecule has 0 radical (unpaired) electrons. The third-order valence-corrected chi connectivity index (χ3v) is 3.61. The lowest BCUT2D eigenvalue weighted by molar-refractivity contribution is 0.665. The predicted octanol–water partition coefficient (Wildman–Crippen LogP) is 3.04. The second-order valence-electron chi connectivity index (χ2n) is 4.73. The first-order valence-corrected chi connectivity index (χ1v) is 8.19. The Morgan fingerprint density at radius 3 is 2.67 bits per heavy atom. The van der Waals surface area contributed by atoms with Crippen LogP contribution in [0.3, 0.4) is 0 Å². The minimum absolute atomic E-state index is 0.667. The summed E-state index contributed by atoms with van der Waals surface area (Å²) in [6.45, 7) is 2.78. The van der Waals surface area contributed by atoms with E-state index >= 15 is 0 Å². The summed E-state index contributed by atoms with van der Waals surface area (Å²) < 4.78 is 0. The van der Waals surface area contributed by atoms with Crippen LogP contribution < -0.4 is 16.0 Å². The van der Waals surface area contributed by atoms with Gasteiger partial charge in [0.25, 0.3) is 0 Å². The molecule has 112 valence electrons. The zero-order valence-corrected chi connectivity index (χ0v) is 13.6. The van der Waals surface area contributed by atoms with Crippen LogP contribution in [0.1, 0.15) is 6.42 Å². The van der Waals surface area contributed by atoms with Gasteiger partial charge in [0, 0.05) is 29.9 Å². The van der Waals surface area contributed by atoms with Gasteiger partial charge in [-0.3, -0.25) is 0 Å². The molecule has 0 saturated heterocycles. The molecule has 0 aliphatic carbocycles. The molecule has 2 aromatic carbocycles.